The maximum absolute atomic E-state index is 11.0. The summed E-state index contributed by atoms with van der Waals surface area (Å²) in [7, 11) is 0. The van der Waals surface area contributed by atoms with Crippen molar-refractivity contribution in [2.24, 2.45) is 0 Å². The molecule has 0 aliphatic rings. The molecule has 1 aromatic carbocycles. The van der Waals surface area contributed by atoms with E-state index in [-0.39, 0.29) is 11.3 Å². The molecule has 3 heteroatoms. The average molecular weight is 187 g/mol. The van der Waals surface area contributed by atoms with Crippen molar-refractivity contribution < 1.29 is 5.11 Å². The monoisotopic (exact) mass is 187 g/mol. The fraction of sp³-hybridized carbons (Fsp3) is 0. The van der Waals surface area contributed by atoms with Crippen LogP contribution in [0.4, 0.5) is 0 Å². The number of aromatic amines is 1. The molecule has 0 saturated carbocycles. The fourth-order valence-corrected chi connectivity index (χ4v) is 1.28. The SMILES string of the molecule is O=c1cc(-c2ccc(O)cc2)cc[nH]1. The Balaban J connectivity index is 2.50. The molecule has 3 nitrogen and oxygen atoms in total. The normalized spacial score (nSPS) is 10.0. The van der Waals surface area contributed by atoms with Gasteiger partial charge in [-0.2, -0.15) is 0 Å². The van der Waals surface area contributed by atoms with Crippen molar-refractivity contribution in [1.29, 1.82) is 0 Å². The van der Waals surface area contributed by atoms with Crippen LogP contribution in [0.25, 0.3) is 11.1 Å². The van der Waals surface area contributed by atoms with E-state index >= 15 is 0 Å². The summed E-state index contributed by atoms with van der Waals surface area (Å²) in [5.74, 6) is 0.221. The van der Waals surface area contributed by atoms with Crippen molar-refractivity contribution in [2.45, 2.75) is 0 Å². The third-order valence-corrected chi connectivity index (χ3v) is 1.98. The second-order valence-corrected chi connectivity index (χ2v) is 2.99. The van der Waals surface area contributed by atoms with Crippen LogP contribution in [-0.4, -0.2) is 10.1 Å². The summed E-state index contributed by atoms with van der Waals surface area (Å²) in [5, 5.41) is 9.09. The minimum atomic E-state index is -0.129. The van der Waals surface area contributed by atoms with Gasteiger partial charge in [-0.3, -0.25) is 4.79 Å². The molecular formula is C11H9NO2. The number of phenols is 1. The number of aromatic hydroxyl groups is 1. The van der Waals surface area contributed by atoms with Crippen LogP contribution >= 0.6 is 0 Å². The minimum Gasteiger partial charge on any atom is -0.508 e. The maximum Gasteiger partial charge on any atom is 0.248 e. The van der Waals surface area contributed by atoms with Crippen LogP contribution in [0.2, 0.25) is 0 Å². The number of phenolic OH excluding ortho intramolecular Hbond substituents is 1. The van der Waals surface area contributed by atoms with Crippen LogP contribution in [0.1, 0.15) is 0 Å². The van der Waals surface area contributed by atoms with Gasteiger partial charge in [0.2, 0.25) is 5.56 Å². The zero-order valence-electron chi connectivity index (χ0n) is 7.40. The molecule has 1 heterocycles. The highest BCUT2D eigenvalue weighted by Gasteiger charge is 1.97. The molecule has 0 saturated heterocycles. The van der Waals surface area contributed by atoms with Gasteiger partial charge in [0.15, 0.2) is 0 Å². The first-order chi connectivity index (χ1) is 6.75. The first kappa shape index (κ1) is 8.56. The quantitative estimate of drug-likeness (QED) is 0.714. The molecule has 2 aromatic rings. The molecule has 1 aromatic heterocycles. The van der Waals surface area contributed by atoms with Crippen molar-refractivity contribution in [1.82, 2.24) is 4.98 Å². The van der Waals surface area contributed by atoms with E-state index in [1.165, 1.54) is 6.07 Å². The second-order valence-electron chi connectivity index (χ2n) is 2.99. The summed E-state index contributed by atoms with van der Waals surface area (Å²) in [6.07, 6.45) is 1.60. The van der Waals surface area contributed by atoms with Gasteiger partial charge in [0.1, 0.15) is 5.75 Å². The van der Waals surface area contributed by atoms with E-state index in [1.54, 1.807) is 30.5 Å². The zero-order chi connectivity index (χ0) is 9.97. The summed E-state index contributed by atoms with van der Waals surface area (Å²) in [5.41, 5.74) is 1.62. The number of rotatable bonds is 1. The number of nitrogens with one attached hydrogen (secondary N) is 1. The van der Waals surface area contributed by atoms with E-state index < -0.39 is 0 Å². The summed E-state index contributed by atoms with van der Waals surface area (Å²) in [6, 6.07) is 10.1. The highest BCUT2D eigenvalue weighted by Crippen LogP contribution is 2.19. The highest BCUT2D eigenvalue weighted by atomic mass is 16.3. The van der Waals surface area contributed by atoms with E-state index in [2.05, 4.69) is 4.98 Å². The maximum atomic E-state index is 11.0. The number of aromatic nitrogens is 1. The second kappa shape index (κ2) is 3.38. The number of hydrogen-bond donors (Lipinski definition) is 2. The summed E-state index contributed by atoms with van der Waals surface area (Å²) >= 11 is 0. The van der Waals surface area contributed by atoms with Crippen LogP contribution in [0.15, 0.2) is 47.4 Å². The van der Waals surface area contributed by atoms with Crippen LogP contribution in [0.5, 0.6) is 5.75 Å². The summed E-state index contributed by atoms with van der Waals surface area (Å²) in [4.78, 5) is 13.6. The van der Waals surface area contributed by atoms with E-state index in [0.717, 1.165) is 11.1 Å². The topological polar surface area (TPSA) is 53.1 Å². The first-order valence-electron chi connectivity index (χ1n) is 4.24. The molecule has 0 aliphatic carbocycles. The molecule has 70 valence electrons. The number of pyridine rings is 1. The first-order valence-corrected chi connectivity index (χ1v) is 4.24. The standard InChI is InChI=1S/C11H9NO2/c13-10-3-1-8(2-4-10)9-5-6-12-11(14)7-9/h1-7,13H,(H,12,14). The fourth-order valence-electron chi connectivity index (χ4n) is 1.28. The molecular weight excluding hydrogens is 178 g/mol. The molecule has 0 atom stereocenters. The highest BCUT2D eigenvalue weighted by molar-refractivity contribution is 5.63. The van der Waals surface area contributed by atoms with Gasteiger partial charge < -0.3 is 10.1 Å². The molecule has 0 spiro atoms. The van der Waals surface area contributed by atoms with Gasteiger partial charge in [-0.25, -0.2) is 0 Å². The van der Waals surface area contributed by atoms with Crippen LogP contribution in [-0.2, 0) is 0 Å². The number of benzene rings is 1. The lowest BCUT2D eigenvalue weighted by Crippen LogP contribution is -2.01. The van der Waals surface area contributed by atoms with Gasteiger partial charge in [0.25, 0.3) is 0 Å². The predicted octanol–water partition coefficient (Wildman–Crippen LogP) is 1.75. The Bertz CT molecular complexity index is 485. The molecule has 0 amide bonds. The van der Waals surface area contributed by atoms with Gasteiger partial charge in [-0.15, -0.1) is 0 Å². The Morgan fingerprint density at radius 3 is 2.36 bits per heavy atom. The zero-order valence-corrected chi connectivity index (χ0v) is 7.40. The van der Waals surface area contributed by atoms with Crippen molar-refractivity contribution in [2.75, 3.05) is 0 Å². The lowest BCUT2D eigenvalue weighted by molar-refractivity contribution is 0.475. The molecule has 0 radical (unpaired) electrons. The van der Waals surface area contributed by atoms with Crippen molar-refractivity contribution >= 4 is 0 Å². The molecule has 0 unspecified atom stereocenters. The van der Waals surface area contributed by atoms with Crippen molar-refractivity contribution in [3.05, 3.63) is 52.9 Å². The predicted molar refractivity (Wildman–Crippen MR) is 54.2 cm³/mol. The Morgan fingerprint density at radius 2 is 1.71 bits per heavy atom. The Morgan fingerprint density at radius 1 is 1.00 bits per heavy atom. The molecule has 0 aliphatic heterocycles. The molecule has 2 N–H and O–H groups in total. The van der Waals surface area contributed by atoms with Crippen molar-refractivity contribution in [3.8, 4) is 16.9 Å². The summed E-state index contributed by atoms with van der Waals surface area (Å²) in [6.45, 7) is 0. The molecule has 14 heavy (non-hydrogen) atoms. The Hall–Kier alpha value is -2.03. The van der Waals surface area contributed by atoms with Gasteiger partial charge in [0, 0.05) is 12.3 Å². The summed E-state index contributed by atoms with van der Waals surface area (Å²) < 4.78 is 0. The van der Waals surface area contributed by atoms with Gasteiger partial charge in [-0.1, -0.05) is 12.1 Å². The van der Waals surface area contributed by atoms with Gasteiger partial charge in [-0.05, 0) is 29.3 Å². The van der Waals surface area contributed by atoms with Crippen molar-refractivity contribution in [3.63, 3.8) is 0 Å². The van der Waals surface area contributed by atoms with E-state index in [4.69, 9.17) is 5.11 Å². The van der Waals surface area contributed by atoms with E-state index in [9.17, 15) is 4.79 Å². The number of H-pyrrole nitrogens is 1. The Labute approximate surface area is 80.7 Å². The number of hydrogen-bond acceptors (Lipinski definition) is 2. The molecule has 0 bridgehead atoms. The third-order valence-electron chi connectivity index (χ3n) is 1.98. The van der Waals surface area contributed by atoms with E-state index in [1.807, 2.05) is 6.07 Å². The average Bonchev–Trinajstić information content (AvgIpc) is 2.19. The van der Waals surface area contributed by atoms with Crippen LogP contribution in [0.3, 0.4) is 0 Å². The lowest BCUT2D eigenvalue weighted by Gasteiger charge is -1.99. The Kier molecular flexibility index (Phi) is 2.07. The van der Waals surface area contributed by atoms with E-state index in [0.29, 0.717) is 0 Å². The lowest BCUT2D eigenvalue weighted by atomic mass is 10.1. The van der Waals surface area contributed by atoms with Gasteiger partial charge in [0.05, 0.1) is 0 Å². The van der Waals surface area contributed by atoms with Crippen LogP contribution in [0, 0.1) is 0 Å². The third kappa shape index (κ3) is 1.66. The smallest absolute Gasteiger partial charge is 0.248 e. The largest absolute Gasteiger partial charge is 0.508 e. The van der Waals surface area contributed by atoms with Gasteiger partial charge >= 0.3 is 0 Å². The van der Waals surface area contributed by atoms with Crippen LogP contribution < -0.4 is 5.56 Å². The molecule has 2 rings (SSSR count). The minimum absolute atomic E-state index is 0.129. The molecule has 0 fully saturated rings.